The van der Waals surface area contributed by atoms with Crippen LogP contribution in [0.2, 0.25) is 12.1 Å². The lowest BCUT2D eigenvalue weighted by Crippen LogP contribution is -2.26. The predicted molar refractivity (Wildman–Crippen MR) is 95.5 cm³/mol. The Kier molecular flexibility index (Phi) is 6.14. The Hall–Kier alpha value is -0.413. The van der Waals surface area contributed by atoms with Crippen molar-refractivity contribution in [2.45, 2.75) is 63.5 Å². The fourth-order valence-corrected chi connectivity index (χ4v) is 7.19. The van der Waals surface area contributed by atoms with Crippen LogP contribution in [0.25, 0.3) is 0 Å². The van der Waals surface area contributed by atoms with E-state index < -0.39 is 19.7 Å². The van der Waals surface area contributed by atoms with Crippen LogP contribution in [-0.2, 0) is 6.42 Å². The van der Waals surface area contributed by atoms with Gasteiger partial charge in [-0.05, 0) is 73.2 Å². The molecule has 2 aliphatic rings. The van der Waals surface area contributed by atoms with E-state index in [1.165, 1.54) is 62.7 Å². The Morgan fingerprint density at radius 3 is 2.22 bits per heavy atom. The summed E-state index contributed by atoms with van der Waals surface area (Å²) in [4.78, 5) is 0. The Labute approximate surface area is 144 Å². The molecule has 1 saturated heterocycles. The van der Waals surface area contributed by atoms with Gasteiger partial charge in [0.25, 0.3) is 0 Å². The normalized spacial score (nSPS) is 32.0. The van der Waals surface area contributed by atoms with Crippen molar-refractivity contribution in [1.82, 2.24) is 0 Å². The molecule has 1 saturated carbocycles. The molecule has 3 rings (SSSR count). The van der Waals surface area contributed by atoms with Crippen molar-refractivity contribution < 1.29 is 8.78 Å². The van der Waals surface area contributed by atoms with Gasteiger partial charge < -0.3 is 0 Å². The van der Waals surface area contributed by atoms with Crippen LogP contribution in [0.3, 0.4) is 0 Å². The molecule has 1 aliphatic heterocycles. The van der Waals surface area contributed by atoms with Gasteiger partial charge >= 0.3 is 0 Å². The quantitative estimate of drug-likeness (QED) is 0.453. The Morgan fingerprint density at radius 1 is 0.913 bits per heavy atom. The molecule has 4 heteroatoms. The minimum absolute atomic E-state index is 0.718. The third-order valence-electron chi connectivity index (χ3n) is 6.08. The fourth-order valence-electron chi connectivity index (χ4n) is 4.56. The van der Waals surface area contributed by atoms with Crippen molar-refractivity contribution in [3.05, 3.63) is 35.4 Å². The SMILES string of the molecule is Fc1ccc(CC[C@H]2CC[C@H](C3CC[SiH](Cl)CC3)CC2)cc1F. The van der Waals surface area contributed by atoms with Gasteiger partial charge in [0.15, 0.2) is 11.6 Å². The van der Waals surface area contributed by atoms with Gasteiger partial charge in [-0.1, -0.05) is 31.7 Å². The summed E-state index contributed by atoms with van der Waals surface area (Å²) < 4.78 is 26.2. The zero-order valence-electron chi connectivity index (χ0n) is 13.7. The smallest absolute Gasteiger partial charge is 0.159 e. The fraction of sp³-hybridized carbons (Fsp3) is 0.684. The van der Waals surface area contributed by atoms with Crippen LogP contribution in [0.4, 0.5) is 8.78 Å². The molecule has 0 spiro atoms. The van der Waals surface area contributed by atoms with Gasteiger partial charge in [-0.25, -0.2) is 8.78 Å². The van der Waals surface area contributed by atoms with Crippen molar-refractivity contribution in [3.8, 4) is 0 Å². The lowest BCUT2D eigenvalue weighted by Gasteiger charge is -2.36. The van der Waals surface area contributed by atoms with Gasteiger partial charge in [-0.3, -0.25) is 0 Å². The molecule has 23 heavy (non-hydrogen) atoms. The zero-order valence-corrected chi connectivity index (χ0v) is 15.7. The second-order valence-electron chi connectivity index (χ2n) is 7.58. The monoisotopic (exact) mass is 356 g/mol. The molecule has 1 aliphatic carbocycles. The molecule has 0 unspecified atom stereocenters. The Balaban J connectivity index is 1.41. The molecule has 128 valence electrons. The molecule has 0 atom stereocenters. The first-order valence-corrected chi connectivity index (χ1v) is 12.6. The second kappa shape index (κ2) is 8.11. The number of hydrogen-bond donors (Lipinski definition) is 0. The van der Waals surface area contributed by atoms with Crippen molar-refractivity contribution in [2.75, 3.05) is 0 Å². The summed E-state index contributed by atoms with van der Waals surface area (Å²) >= 11 is 6.35. The molecule has 0 bridgehead atoms. The van der Waals surface area contributed by atoms with E-state index in [-0.39, 0.29) is 0 Å². The van der Waals surface area contributed by atoms with Crippen molar-refractivity contribution in [1.29, 1.82) is 0 Å². The van der Waals surface area contributed by atoms with Crippen LogP contribution >= 0.6 is 11.1 Å². The molecule has 0 aromatic heterocycles. The topological polar surface area (TPSA) is 0 Å². The van der Waals surface area contributed by atoms with Crippen LogP contribution in [-0.4, -0.2) is 8.11 Å². The first-order chi connectivity index (χ1) is 11.1. The minimum Gasteiger partial charge on any atom is -0.204 e. The largest absolute Gasteiger partial charge is 0.204 e. The molecule has 0 N–H and O–H groups in total. The standard InChI is InChI=1S/C19H27ClF2Si/c20-23-11-9-17(10-12-23)16-6-3-14(4-7-16)1-2-15-5-8-18(21)19(22)13-15/h5,8,13-14,16-17,23H,1-4,6-7,9-12H2/t14-,16-,17?,23?. The van der Waals surface area contributed by atoms with Gasteiger partial charge in [0, 0.05) is 0 Å². The summed E-state index contributed by atoms with van der Waals surface area (Å²) in [7, 11) is -0.839. The Bertz CT molecular complexity index is 506. The average molecular weight is 357 g/mol. The first kappa shape index (κ1) is 17.4. The lowest BCUT2D eigenvalue weighted by molar-refractivity contribution is 0.187. The number of aryl methyl sites for hydroxylation is 1. The van der Waals surface area contributed by atoms with Crippen molar-refractivity contribution in [3.63, 3.8) is 0 Å². The molecule has 0 amide bonds. The maximum absolute atomic E-state index is 13.2. The summed E-state index contributed by atoms with van der Waals surface area (Å²) in [5, 5.41) is 0. The van der Waals surface area contributed by atoms with Crippen LogP contribution < -0.4 is 0 Å². The second-order valence-corrected chi connectivity index (χ2v) is 11.8. The highest BCUT2D eigenvalue weighted by molar-refractivity contribution is 7.07. The van der Waals surface area contributed by atoms with Gasteiger partial charge in [0.05, 0.1) is 0 Å². The van der Waals surface area contributed by atoms with Crippen LogP contribution in [0.15, 0.2) is 18.2 Å². The van der Waals surface area contributed by atoms with E-state index in [1.807, 2.05) is 0 Å². The van der Waals surface area contributed by atoms with E-state index in [1.54, 1.807) is 6.07 Å². The highest BCUT2D eigenvalue weighted by Gasteiger charge is 2.30. The highest BCUT2D eigenvalue weighted by atomic mass is 35.6. The molecular formula is C19H27ClF2Si. The number of rotatable bonds is 4. The van der Waals surface area contributed by atoms with Gasteiger partial charge in [0.1, 0.15) is 8.11 Å². The summed E-state index contributed by atoms with van der Waals surface area (Å²) in [5.41, 5.74) is 0.927. The average Bonchev–Trinajstić information content (AvgIpc) is 2.57. The maximum atomic E-state index is 13.2. The van der Waals surface area contributed by atoms with Crippen molar-refractivity contribution in [2.24, 2.45) is 17.8 Å². The lowest BCUT2D eigenvalue weighted by atomic mass is 9.73. The molecular weight excluding hydrogens is 330 g/mol. The van der Waals surface area contributed by atoms with Crippen LogP contribution in [0, 0.1) is 29.4 Å². The van der Waals surface area contributed by atoms with Crippen LogP contribution in [0.1, 0.15) is 50.5 Å². The third-order valence-corrected chi connectivity index (χ3v) is 9.31. The number of benzene rings is 1. The molecule has 0 radical (unpaired) electrons. The number of hydrogen-bond acceptors (Lipinski definition) is 0. The molecule has 1 aromatic rings. The summed E-state index contributed by atoms with van der Waals surface area (Å²) in [6.07, 6.45) is 10.1. The van der Waals surface area contributed by atoms with E-state index in [0.717, 1.165) is 36.2 Å². The first-order valence-electron chi connectivity index (χ1n) is 9.20. The van der Waals surface area contributed by atoms with E-state index >= 15 is 0 Å². The van der Waals surface area contributed by atoms with E-state index in [2.05, 4.69) is 0 Å². The molecule has 1 heterocycles. The van der Waals surface area contributed by atoms with Gasteiger partial charge in [0.2, 0.25) is 0 Å². The zero-order chi connectivity index (χ0) is 16.2. The predicted octanol–water partition coefficient (Wildman–Crippen LogP) is 6.08. The molecule has 0 nitrogen and oxygen atoms in total. The minimum atomic E-state index is -0.839. The molecule has 1 aromatic carbocycles. The van der Waals surface area contributed by atoms with Crippen LogP contribution in [0.5, 0.6) is 0 Å². The molecule has 2 fully saturated rings. The highest BCUT2D eigenvalue weighted by Crippen LogP contribution is 2.41. The number of halogens is 3. The van der Waals surface area contributed by atoms with Crippen molar-refractivity contribution >= 4 is 19.2 Å². The van der Waals surface area contributed by atoms with E-state index in [9.17, 15) is 8.78 Å². The van der Waals surface area contributed by atoms with E-state index in [0.29, 0.717) is 0 Å². The summed E-state index contributed by atoms with van der Waals surface area (Å²) in [6, 6.07) is 7.00. The maximum Gasteiger partial charge on any atom is 0.159 e. The summed E-state index contributed by atoms with van der Waals surface area (Å²) in [6.45, 7) is 0. The third kappa shape index (κ3) is 4.79. The van der Waals surface area contributed by atoms with Gasteiger partial charge in [-0.2, -0.15) is 11.1 Å². The van der Waals surface area contributed by atoms with Gasteiger partial charge in [-0.15, -0.1) is 0 Å². The van der Waals surface area contributed by atoms with E-state index in [4.69, 9.17) is 11.1 Å². The summed E-state index contributed by atoms with van der Waals surface area (Å²) in [5.74, 6) is 1.16. The Morgan fingerprint density at radius 2 is 1.57 bits per heavy atom.